The number of aryl methyl sites for hydroxylation is 2. The quantitative estimate of drug-likeness (QED) is 0.669. The van der Waals surface area contributed by atoms with E-state index in [1.807, 2.05) is 83.1 Å². The molecule has 0 saturated carbocycles. The van der Waals surface area contributed by atoms with Crippen LogP contribution in [0.25, 0.3) is 0 Å². The maximum absolute atomic E-state index is 13.1. The minimum absolute atomic E-state index is 0.0484. The summed E-state index contributed by atoms with van der Waals surface area (Å²) in [7, 11) is 0. The van der Waals surface area contributed by atoms with Crippen LogP contribution in [-0.2, 0) is 16.1 Å². The van der Waals surface area contributed by atoms with Crippen molar-refractivity contribution < 1.29 is 9.59 Å². The van der Waals surface area contributed by atoms with Gasteiger partial charge in [0.25, 0.3) is 0 Å². The zero-order chi connectivity index (χ0) is 21.6. The van der Waals surface area contributed by atoms with Gasteiger partial charge in [0.05, 0.1) is 5.75 Å². The summed E-state index contributed by atoms with van der Waals surface area (Å²) in [5, 5.41) is 2.99. The first-order valence-corrected chi connectivity index (χ1v) is 10.9. The van der Waals surface area contributed by atoms with E-state index in [0.29, 0.717) is 12.3 Å². The molecule has 156 valence electrons. The summed E-state index contributed by atoms with van der Waals surface area (Å²) in [6.45, 7) is 12.1. The Hall–Kier alpha value is -2.27. The van der Waals surface area contributed by atoms with E-state index in [-0.39, 0.29) is 17.4 Å². The van der Waals surface area contributed by atoms with Gasteiger partial charge < -0.3 is 10.2 Å². The minimum Gasteiger partial charge on any atom is -0.350 e. The highest BCUT2D eigenvalue weighted by Gasteiger charge is 2.28. The van der Waals surface area contributed by atoms with Crippen molar-refractivity contribution in [2.75, 3.05) is 5.75 Å². The molecule has 2 aromatic carbocycles. The molecular weight excluding hydrogens is 380 g/mol. The number of thioether (sulfide) groups is 1. The largest absolute Gasteiger partial charge is 0.350 e. The van der Waals surface area contributed by atoms with Gasteiger partial charge in [-0.05, 0) is 59.2 Å². The fourth-order valence-electron chi connectivity index (χ4n) is 2.81. The molecular formula is C24H32N2O2S. The lowest BCUT2D eigenvalue weighted by molar-refractivity contribution is -0.139. The number of hydrogen-bond donors (Lipinski definition) is 1. The molecule has 1 N–H and O–H groups in total. The molecule has 29 heavy (non-hydrogen) atoms. The van der Waals surface area contributed by atoms with E-state index in [4.69, 9.17) is 0 Å². The van der Waals surface area contributed by atoms with Gasteiger partial charge >= 0.3 is 0 Å². The lowest BCUT2D eigenvalue weighted by Gasteiger charge is -2.31. The van der Waals surface area contributed by atoms with Gasteiger partial charge in [-0.15, -0.1) is 11.8 Å². The third-order valence-corrected chi connectivity index (χ3v) is 5.52. The van der Waals surface area contributed by atoms with Crippen molar-refractivity contribution in [3.63, 3.8) is 0 Å². The van der Waals surface area contributed by atoms with Gasteiger partial charge in [0.1, 0.15) is 6.04 Å². The monoisotopic (exact) mass is 412 g/mol. The van der Waals surface area contributed by atoms with Crippen LogP contribution >= 0.6 is 11.8 Å². The number of hydrogen-bond acceptors (Lipinski definition) is 3. The average Bonchev–Trinajstić information content (AvgIpc) is 2.65. The zero-order valence-corrected chi connectivity index (χ0v) is 19.1. The molecule has 0 unspecified atom stereocenters. The van der Waals surface area contributed by atoms with Crippen LogP contribution in [0.3, 0.4) is 0 Å². The number of carbonyl (C=O) groups is 2. The maximum Gasteiger partial charge on any atom is 0.242 e. The standard InChI is InChI=1S/C24H32N2O2S/c1-17-7-11-20(12-8-17)15-26(19(3)23(28)25-24(4,5)6)22(27)16-29-21-13-9-18(2)10-14-21/h7-14,19H,15-16H2,1-6H3,(H,25,28)/t19-/m1/s1. The molecule has 0 aliphatic carbocycles. The Bertz CT molecular complexity index is 823. The summed E-state index contributed by atoms with van der Waals surface area (Å²) in [6, 6.07) is 15.6. The molecule has 0 aliphatic heterocycles. The van der Waals surface area contributed by atoms with E-state index in [1.54, 1.807) is 11.8 Å². The molecule has 0 radical (unpaired) electrons. The van der Waals surface area contributed by atoms with E-state index >= 15 is 0 Å². The lowest BCUT2D eigenvalue weighted by Crippen LogP contribution is -2.52. The van der Waals surface area contributed by atoms with Gasteiger partial charge in [-0.2, -0.15) is 0 Å². The highest BCUT2D eigenvalue weighted by Crippen LogP contribution is 2.20. The lowest BCUT2D eigenvalue weighted by atomic mass is 10.1. The molecule has 2 rings (SSSR count). The fraction of sp³-hybridized carbons (Fsp3) is 0.417. The molecule has 1 atom stereocenters. The predicted molar refractivity (Wildman–Crippen MR) is 121 cm³/mol. The number of carbonyl (C=O) groups excluding carboxylic acids is 2. The van der Waals surface area contributed by atoms with Crippen LogP contribution in [0.2, 0.25) is 0 Å². The van der Waals surface area contributed by atoms with E-state index in [9.17, 15) is 9.59 Å². The Balaban J connectivity index is 2.15. The topological polar surface area (TPSA) is 49.4 Å². The van der Waals surface area contributed by atoms with Gasteiger partial charge in [-0.1, -0.05) is 47.5 Å². The van der Waals surface area contributed by atoms with Crippen molar-refractivity contribution in [3.05, 3.63) is 65.2 Å². The highest BCUT2D eigenvalue weighted by atomic mass is 32.2. The first kappa shape index (κ1) is 23.0. The molecule has 0 bridgehead atoms. The van der Waals surface area contributed by atoms with Crippen molar-refractivity contribution in [1.82, 2.24) is 10.2 Å². The van der Waals surface area contributed by atoms with E-state index in [2.05, 4.69) is 5.32 Å². The van der Waals surface area contributed by atoms with E-state index < -0.39 is 6.04 Å². The molecule has 2 aromatic rings. The van der Waals surface area contributed by atoms with Crippen molar-refractivity contribution in [3.8, 4) is 0 Å². The summed E-state index contributed by atoms with van der Waals surface area (Å²) in [6.07, 6.45) is 0. The summed E-state index contributed by atoms with van der Waals surface area (Å²) >= 11 is 1.50. The van der Waals surface area contributed by atoms with Gasteiger partial charge in [0.15, 0.2) is 0 Å². The van der Waals surface area contributed by atoms with Gasteiger partial charge in [-0.25, -0.2) is 0 Å². The van der Waals surface area contributed by atoms with Gasteiger partial charge in [0.2, 0.25) is 11.8 Å². The Morgan fingerprint density at radius 1 is 0.966 bits per heavy atom. The smallest absolute Gasteiger partial charge is 0.242 e. The molecule has 0 aromatic heterocycles. The maximum atomic E-state index is 13.1. The van der Waals surface area contributed by atoms with Crippen LogP contribution < -0.4 is 5.32 Å². The number of nitrogens with zero attached hydrogens (tertiary/aromatic N) is 1. The number of rotatable bonds is 7. The van der Waals surface area contributed by atoms with Crippen LogP contribution in [-0.4, -0.2) is 34.0 Å². The number of nitrogens with one attached hydrogen (secondary N) is 1. The summed E-state index contributed by atoms with van der Waals surface area (Å²) < 4.78 is 0. The Labute approximate surface area is 179 Å². The number of amides is 2. The SMILES string of the molecule is Cc1ccc(CN(C(=O)CSc2ccc(C)cc2)[C@H](C)C(=O)NC(C)(C)C)cc1. The summed E-state index contributed by atoms with van der Waals surface area (Å²) in [5.74, 6) is 0.105. The van der Waals surface area contributed by atoms with Crippen molar-refractivity contribution in [2.45, 2.75) is 64.6 Å². The molecule has 0 aliphatic rings. The van der Waals surface area contributed by atoms with Crippen LogP contribution in [0, 0.1) is 13.8 Å². The molecule has 5 heteroatoms. The second-order valence-corrected chi connectivity index (χ2v) is 9.57. The van der Waals surface area contributed by atoms with Crippen LogP contribution in [0.4, 0.5) is 0 Å². The van der Waals surface area contributed by atoms with Gasteiger partial charge in [0, 0.05) is 17.0 Å². The minimum atomic E-state index is -0.554. The van der Waals surface area contributed by atoms with Crippen molar-refractivity contribution >= 4 is 23.6 Å². The third-order valence-electron chi connectivity index (χ3n) is 4.52. The first-order chi connectivity index (χ1) is 13.5. The number of benzene rings is 2. The van der Waals surface area contributed by atoms with Crippen molar-refractivity contribution in [1.29, 1.82) is 0 Å². The van der Waals surface area contributed by atoms with Crippen LogP contribution in [0.1, 0.15) is 44.4 Å². The van der Waals surface area contributed by atoms with Gasteiger partial charge in [-0.3, -0.25) is 9.59 Å². The van der Waals surface area contributed by atoms with Crippen molar-refractivity contribution in [2.24, 2.45) is 0 Å². The Kier molecular flexibility index (Phi) is 7.91. The second kappa shape index (κ2) is 9.97. The Morgan fingerprint density at radius 3 is 2.00 bits per heavy atom. The highest BCUT2D eigenvalue weighted by molar-refractivity contribution is 8.00. The molecule has 0 fully saturated rings. The normalized spacial score (nSPS) is 12.3. The zero-order valence-electron chi connectivity index (χ0n) is 18.3. The molecule has 4 nitrogen and oxygen atoms in total. The molecule has 0 heterocycles. The van der Waals surface area contributed by atoms with Crippen LogP contribution in [0.15, 0.2) is 53.4 Å². The average molecular weight is 413 g/mol. The third kappa shape index (κ3) is 7.58. The predicted octanol–water partition coefficient (Wildman–Crippen LogP) is 4.73. The van der Waals surface area contributed by atoms with E-state index in [1.165, 1.54) is 22.9 Å². The molecule has 0 spiro atoms. The first-order valence-electron chi connectivity index (χ1n) is 9.91. The second-order valence-electron chi connectivity index (χ2n) is 8.52. The van der Waals surface area contributed by atoms with E-state index in [0.717, 1.165) is 10.5 Å². The molecule has 0 saturated heterocycles. The summed E-state index contributed by atoms with van der Waals surface area (Å²) in [4.78, 5) is 28.6. The molecule has 2 amide bonds. The summed E-state index contributed by atoms with van der Waals surface area (Å²) in [5.41, 5.74) is 3.02. The fourth-order valence-corrected chi connectivity index (χ4v) is 3.59. The Morgan fingerprint density at radius 2 is 1.48 bits per heavy atom. The van der Waals surface area contributed by atoms with Crippen LogP contribution in [0.5, 0.6) is 0 Å².